The molecule has 1 heterocycles. The molecular weight excluding hydrogens is 433 g/mol. The van der Waals surface area contributed by atoms with Crippen LogP contribution in [0.15, 0.2) is 54.3 Å². The van der Waals surface area contributed by atoms with Gasteiger partial charge in [0, 0.05) is 3.57 Å². The van der Waals surface area contributed by atoms with Gasteiger partial charge in [-0.15, -0.1) is 0 Å². The highest BCUT2D eigenvalue weighted by Gasteiger charge is 2.15. The number of aromatic nitrogens is 2. The van der Waals surface area contributed by atoms with Gasteiger partial charge in [-0.3, -0.25) is 0 Å². The van der Waals surface area contributed by atoms with Gasteiger partial charge in [0.2, 0.25) is 0 Å². The average molecular weight is 445 g/mol. The number of imidazole rings is 1. The third kappa shape index (κ3) is 3.80. The van der Waals surface area contributed by atoms with Gasteiger partial charge in [-0.05, 0) is 59.0 Å². The van der Waals surface area contributed by atoms with Crippen molar-refractivity contribution in [2.24, 2.45) is 0 Å². The van der Waals surface area contributed by atoms with Crippen LogP contribution in [0.25, 0.3) is 16.6 Å². The van der Waals surface area contributed by atoms with Gasteiger partial charge < -0.3 is 14.8 Å². The van der Waals surface area contributed by atoms with Crippen LogP contribution in [0, 0.1) is 14.9 Å². The first-order chi connectivity index (χ1) is 12.1. The minimum Gasteiger partial charge on any atom is -0.507 e. The van der Waals surface area contributed by atoms with Gasteiger partial charge in [0.05, 0.1) is 16.6 Å². The molecule has 0 aliphatic carbocycles. The Labute approximate surface area is 156 Å². The number of aliphatic hydroxyl groups is 1. The summed E-state index contributed by atoms with van der Waals surface area (Å²) < 4.78 is 6.06. The Morgan fingerprint density at radius 3 is 2.64 bits per heavy atom. The van der Waals surface area contributed by atoms with E-state index in [1.165, 1.54) is 0 Å². The van der Waals surface area contributed by atoms with E-state index in [-0.39, 0.29) is 17.2 Å². The van der Waals surface area contributed by atoms with Crippen LogP contribution in [0.2, 0.25) is 0 Å². The molecule has 3 rings (SSSR count). The third-order valence-electron chi connectivity index (χ3n) is 3.45. The molecule has 1 aromatic heterocycles. The van der Waals surface area contributed by atoms with E-state index in [2.05, 4.69) is 32.6 Å². The minimum absolute atomic E-state index is 0.0633. The molecule has 7 heteroatoms. The number of aromatic amines is 1. The van der Waals surface area contributed by atoms with Crippen LogP contribution >= 0.6 is 22.6 Å². The molecule has 0 spiro atoms. The topological polar surface area (TPSA) is 99.0 Å². The number of ether oxygens (including phenoxy) is 1. The zero-order valence-corrected chi connectivity index (χ0v) is 15.0. The highest BCUT2D eigenvalue weighted by atomic mass is 127. The molecule has 2 N–H and O–H groups in total. The van der Waals surface area contributed by atoms with Gasteiger partial charge in [0.15, 0.2) is 11.6 Å². The Hall–Kier alpha value is -2.86. The van der Waals surface area contributed by atoms with Gasteiger partial charge >= 0.3 is 5.97 Å². The SMILES string of the molecule is N#C/C(=C(\O)COC(=O)c1ccc(I)cc1)c1nc2ccccc2[nH]1. The Morgan fingerprint density at radius 1 is 1.24 bits per heavy atom. The quantitative estimate of drug-likeness (QED) is 0.275. The van der Waals surface area contributed by atoms with Crippen LogP contribution in [-0.2, 0) is 4.74 Å². The Kier molecular flexibility index (Phi) is 5.00. The van der Waals surface area contributed by atoms with Crippen molar-refractivity contribution in [3.8, 4) is 6.07 Å². The summed E-state index contributed by atoms with van der Waals surface area (Å²) in [7, 11) is 0. The number of halogens is 1. The summed E-state index contributed by atoms with van der Waals surface area (Å²) in [6.45, 7) is -0.412. The molecule has 2 aromatic carbocycles. The number of hydrogen-bond donors (Lipinski definition) is 2. The lowest BCUT2D eigenvalue weighted by molar-refractivity contribution is 0.0503. The molecule has 0 aliphatic rings. The first kappa shape index (κ1) is 17.0. The van der Waals surface area contributed by atoms with E-state index in [1.807, 2.05) is 24.3 Å². The second-order valence-corrected chi connectivity index (χ2v) is 6.36. The second kappa shape index (κ2) is 7.36. The number of rotatable bonds is 4. The highest BCUT2D eigenvalue weighted by molar-refractivity contribution is 14.1. The molecule has 0 unspecified atom stereocenters. The molecule has 25 heavy (non-hydrogen) atoms. The van der Waals surface area contributed by atoms with Gasteiger partial charge in [-0.25, -0.2) is 9.78 Å². The fourth-order valence-electron chi connectivity index (χ4n) is 2.20. The summed E-state index contributed by atoms with van der Waals surface area (Å²) in [5.41, 5.74) is 1.73. The average Bonchev–Trinajstić information content (AvgIpc) is 3.04. The van der Waals surface area contributed by atoms with Crippen molar-refractivity contribution in [2.75, 3.05) is 6.61 Å². The number of benzene rings is 2. The van der Waals surface area contributed by atoms with Crippen molar-refractivity contribution in [3.05, 3.63) is 69.2 Å². The van der Waals surface area contributed by atoms with Crippen LogP contribution in [0.4, 0.5) is 0 Å². The highest BCUT2D eigenvalue weighted by Crippen LogP contribution is 2.19. The van der Waals surface area contributed by atoms with Crippen LogP contribution < -0.4 is 0 Å². The molecule has 6 nitrogen and oxygen atoms in total. The maximum Gasteiger partial charge on any atom is 0.338 e. The van der Waals surface area contributed by atoms with E-state index >= 15 is 0 Å². The van der Waals surface area contributed by atoms with E-state index in [1.54, 1.807) is 30.3 Å². The Balaban J connectivity index is 1.78. The summed E-state index contributed by atoms with van der Waals surface area (Å²) in [4.78, 5) is 19.2. The van der Waals surface area contributed by atoms with E-state index in [0.717, 1.165) is 9.09 Å². The number of carbonyl (C=O) groups excluding carboxylic acids is 1. The van der Waals surface area contributed by atoms with Crippen molar-refractivity contribution in [3.63, 3.8) is 0 Å². The first-order valence-electron chi connectivity index (χ1n) is 7.28. The number of allylic oxidation sites excluding steroid dienone is 1. The lowest BCUT2D eigenvalue weighted by Gasteiger charge is -2.05. The largest absolute Gasteiger partial charge is 0.507 e. The van der Waals surface area contributed by atoms with E-state index < -0.39 is 12.6 Å². The minimum atomic E-state index is -0.579. The fourth-order valence-corrected chi connectivity index (χ4v) is 2.56. The molecule has 0 atom stereocenters. The molecule has 0 aliphatic heterocycles. The standard InChI is InChI=1S/C18H12IN3O3/c19-12-7-5-11(6-8-12)18(24)25-10-16(23)13(9-20)17-21-14-3-1-2-4-15(14)22-17/h1-8,23H,10H2,(H,21,22)/b16-13+. The Morgan fingerprint density at radius 2 is 1.96 bits per heavy atom. The van der Waals surface area contributed by atoms with Gasteiger partial charge in [0.25, 0.3) is 0 Å². The zero-order valence-electron chi connectivity index (χ0n) is 12.9. The molecule has 124 valence electrons. The molecule has 0 bridgehead atoms. The monoisotopic (exact) mass is 445 g/mol. The number of para-hydroxylation sites is 2. The van der Waals surface area contributed by atoms with Gasteiger partial charge in [-0.1, -0.05) is 12.1 Å². The number of fused-ring (bicyclic) bond motifs is 1. The van der Waals surface area contributed by atoms with Gasteiger partial charge in [0.1, 0.15) is 18.2 Å². The molecule has 0 saturated carbocycles. The van der Waals surface area contributed by atoms with Crippen molar-refractivity contribution < 1.29 is 14.6 Å². The van der Waals surface area contributed by atoms with E-state index in [0.29, 0.717) is 11.1 Å². The Bertz CT molecular complexity index is 967. The number of nitrogens with one attached hydrogen (secondary N) is 1. The number of esters is 1. The molecule has 3 aromatic rings. The van der Waals surface area contributed by atoms with Crippen LogP contribution in [0.5, 0.6) is 0 Å². The maximum absolute atomic E-state index is 12.0. The van der Waals surface area contributed by atoms with Crippen LogP contribution in [0.3, 0.4) is 0 Å². The number of aliphatic hydroxyl groups excluding tert-OH is 1. The van der Waals surface area contributed by atoms with Gasteiger partial charge in [-0.2, -0.15) is 5.26 Å². The molecule has 0 amide bonds. The zero-order chi connectivity index (χ0) is 17.8. The van der Waals surface area contributed by atoms with Crippen molar-refractivity contribution in [1.29, 1.82) is 5.26 Å². The molecule has 0 saturated heterocycles. The summed E-state index contributed by atoms with van der Waals surface area (Å²) in [5, 5.41) is 19.5. The molecule has 0 fully saturated rings. The lowest BCUT2D eigenvalue weighted by Crippen LogP contribution is -2.09. The summed E-state index contributed by atoms with van der Waals surface area (Å²) in [6.07, 6.45) is 0. The lowest BCUT2D eigenvalue weighted by atomic mass is 10.2. The van der Waals surface area contributed by atoms with Crippen LogP contribution in [0.1, 0.15) is 16.2 Å². The normalized spacial score (nSPS) is 11.7. The number of H-pyrrole nitrogens is 1. The first-order valence-corrected chi connectivity index (χ1v) is 8.36. The van der Waals surface area contributed by atoms with Crippen molar-refractivity contribution in [2.45, 2.75) is 0 Å². The van der Waals surface area contributed by atoms with E-state index in [4.69, 9.17) is 4.74 Å². The summed E-state index contributed by atoms with van der Waals surface area (Å²) >= 11 is 2.13. The summed E-state index contributed by atoms with van der Waals surface area (Å²) in [5.74, 6) is -0.711. The maximum atomic E-state index is 12.0. The number of carbonyl (C=O) groups is 1. The van der Waals surface area contributed by atoms with E-state index in [9.17, 15) is 15.2 Å². The number of nitriles is 1. The second-order valence-electron chi connectivity index (χ2n) is 5.12. The third-order valence-corrected chi connectivity index (χ3v) is 4.17. The predicted molar refractivity (Wildman–Crippen MR) is 101 cm³/mol. The molecule has 0 radical (unpaired) electrons. The number of nitrogens with zero attached hydrogens (tertiary/aromatic N) is 2. The predicted octanol–water partition coefficient (Wildman–Crippen LogP) is 3.82. The smallest absolute Gasteiger partial charge is 0.338 e. The van der Waals surface area contributed by atoms with Crippen LogP contribution in [-0.4, -0.2) is 27.7 Å². The number of hydrogen-bond acceptors (Lipinski definition) is 5. The van der Waals surface area contributed by atoms with Crippen molar-refractivity contribution >= 4 is 45.2 Å². The fraction of sp³-hybridized carbons (Fsp3) is 0.0556. The molecular formula is C18H12IN3O3. The van der Waals surface area contributed by atoms with Crippen molar-refractivity contribution in [1.82, 2.24) is 9.97 Å². The summed E-state index contributed by atoms with van der Waals surface area (Å²) in [6, 6.07) is 16.0.